The van der Waals surface area contributed by atoms with Crippen LogP contribution < -0.4 is 9.04 Å². The van der Waals surface area contributed by atoms with Crippen molar-refractivity contribution in [3.8, 4) is 5.75 Å². The lowest BCUT2D eigenvalue weighted by atomic mass is 10.1. The van der Waals surface area contributed by atoms with Crippen LogP contribution in [0.25, 0.3) is 0 Å². The number of aromatic carboxylic acids is 1. The molecule has 1 N–H and O–H groups in total. The minimum absolute atomic E-state index is 0.00300. The Morgan fingerprint density at radius 1 is 1.03 bits per heavy atom. The number of hydrogen-bond acceptors (Lipinski definition) is 5. The highest BCUT2D eigenvalue weighted by Crippen LogP contribution is 2.40. The number of thioether (sulfide) groups is 1. The van der Waals surface area contributed by atoms with Crippen molar-refractivity contribution in [2.45, 2.75) is 49.4 Å². The quantitative estimate of drug-likeness (QED) is 0.281. The van der Waals surface area contributed by atoms with Gasteiger partial charge < -0.3 is 9.84 Å². The van der Waals surface area contributed by atoms with Crippen LogP contribution in [0.5, 0.6) is 5.75 Å². The second-order valence-electron chi connectivity index (χ2n) is 8.27. The second kappa shape index (κ2) is 11.5. The molecule has 37 heavy (non-hydrogen) atoms. The number of carboxylic acids is 1. The summed E-state index contributed by atoms with van der Waals surface area (Å²) in [7, 11) is -4.16. The lowest BCUT2D eigenvalue weighted by molar-refractivity contribution is -0.137. The maximum atomic E-state index is 13.6. The predicted molar refractivity (Wildman–Crippen MR) is 137 cm³/mol. The van der Waals surface area contributed by atoms with Crippen LogP contribution in [0.2, 0.25) is 0 Å². The lowest BCUT2D eigenvalue weighted by Crippen LogP contribution is -2.37. The molecule has 0 aliphatic heterocycles. The maximum absolute atomic E-state index is 13.6. The Kier molecular flexibility index (Phi) is 8.80. The first kappa shape index (κ1) is 28.4. The van der Waals surface area contributed by atoms with E-state index in [0.717, 1.165) is 33.2 Å². The Morgan fingerprint density at radius 3 is 2.16 bits per heavy atom. The summed E-state index contributed by atoms with van der Waals surface area (Å²) in [6.07, 6.45) is -4.67. The minimum atomic E-state index is -4.67. The van der Waals surface area contributed by atoms with E-state index in [4.69, 9.17) is 9.84 Å². The lowest BCUT2D eigenvalue weighted by Gasteiger charge is -2.30. The molecule has 11 heteroatoms. The summed E-state index contributed by atoms with van der Waals surface area (Å²) in [5, 5.41) is 9.05. The summed E-state index contributed by atoms with van der Waals surface area (Å²) < 4.78 is 74.5. The Labute approximate surface area is 218 Å². The minimum Gasteiger partial charge on any atom is -0.487 e. The number of hydrogen-bond donors (Lipinski definition) is 1. The molecule has 0 saturated carbocycles. The molecule has 0 radical (unpaired) electrons. The van der Waals surface area contributed by atoms with Gasteiger partial charge in [-0.05, 0) is 79.8 Å². The van der Waals surface area contributed by atoms with E-state index in [0.29, 0.717) is 5.56 Å². The Bertz CT molecular complexity index is 1340. The largest absolute Gasteiger partial charge is 0.487 e. The van der Waals surface area contributed by atoms with Gasteiger partial charge in [0.25, 0.3) is 10.0 Å². The molecule has 3 aromatic carbocycles. The number of rotatable bonds is 10. The highest BCUT2D eigenvalue weighted by atomic mass is 32.2. The smallest absolute Gasteiger partial charge is 0.416 e. The van der Waals surface area contributed by atoms with Crippen LogP contribution in [0.1, 0.15) is 42.3 Å². The van der Waals surface area contributed by atoms with Crippen LogP contribution >= 0.6 is 11.8 Å². The second-order valence-corrected chi connectivity index (χ2v) is 11.4. The van der Waals surface area contributed by atoms with Gasteiger partial charge in [-0.3, -0.25) is 4.31 Å². The number of halogens is 3. The van der Waals surface area contributed by atoms with E-state index >= 15 is 0 Å². The van der Waals surface area contributed by atoms with E-state index in [1.807, 2.05) is 6.92 Å². The van der Waals surface area contributed by atoms with Crippen molar-refractivity contribution in [2.24, 2.45) is 0 Å². The van der Waals surface area contributed by atoms with Crippen LogP contribution in [0.15, 0.2) is 76.5 Å². The van der Waals surface area contributed by atoms with E-state index in [2.05, 4.69) is 0 Å². The summed E-state index contributed by atoms with van der Waals surface area (Å²) in [6, 6.07) is 14.0. The van der Waals surface area contributed by atoms with E-state index in [1.165, 1.54) is 36.4 Å². The molecular weight excluding hydrogens is 527 g/mol. The molecule has 0 heterocycles. The summed E-state index contributed by atoms with van der Waals surface area (Å²) in [6.45, 7) is 5.00. The highest BCUT2D eigenvalue weighted by Gasteiger charge is 2.34. The van der Waals surface area contributed by atoms with Crippen molar-refractivity contribution in [3.05, 3.63) is 83.4 Å². The molecule has 0 aromatic heterocycles. The van der Waals surface area contributed by atoms with Gasteiger partial charge in [0.05, 0.1) is 21.7 Å². The van der Waals surface area contributed by atoms with E-state index in [9.17, 15) is 26.4 Å². The Morgan fingerprint density at radius 2 is 1.65 bits per heavy atom. The van der Waals surface area contributed by atoms with Crippen LogP contribution in [0, 0.1) is 0 Å². The first-order valence-corrected chi connectivity index (χ1v) is 13.7. The molecule has 3 aromatic rings. The summed E-state index contributed by atoms with van der Waals surface area (Å²) in [5.74, 6) is -0.575. The van der Waals surface area contributed by atoms with Gasteiger partial charge in [-0.25, -0.2) is 13.2 Å². The molecule has 0 bridgehead atoms. The van der Waals surface area contributed by atoms with Gasteiger partial charge >= 0.3 is 12.1 Å². The van der Waals surface area contributed by atoms with Crippen LogP contribution in [-0.2, 0) is 22.8 Å². The van der Waals surface area contributed by atoms with E-state index in [1.54, 1.807) is 37.7 Å². The van der Waals surface area contributed by atoms with Crippen molar-refractivity contribution >= 4 is 33.4 Å². The zero-order chi connectivity index (χ0) is 27.4. The molecule has 3 rings (SSSR count). The summed E-state index contributed by atoms with van der Waals surface area (Å²) in [5.41, 5.74) is -0.494. The number of carbonyl (C=O) groups is 1. The van der Waals surface area contributed by atoms with Crippen LogP contribution in [0.4, 0.5) is 18.9 Å². The molecule has 0 atom stereocenters. The molecule has 0 aliphatic carbocycles. The van der Waals surface area contributed by atoms with E-state index < -0.39 is 33.8 Å². The normalized spacial score (nSPS) is 12.0. The maximum Gasteiger partial charge on any atom is 0.416 e. The van der Waals surface area contributed by atoms with Gasteiger partial charge in [0, 0.05) is 10.9 Å². The number of ether oxygens (including phenoxy) is 1. The number of carboxylic acid groups (broad SMARTS) is 1. The van der Waals surface area contributed by atoms with E-state index in [-0.39, 0.29) is 28.5 Å². The first-order valence-electron chi connectivity index (χ1n) is 11.3. The molecule has 0 aliphatic rings. The van der Waals surface area contributed by atoms with Crippen molar-refractivity contribution in [2.75, 3.05) is 10.1 Å². The summed E-state index contributed by atoms with van der Waals surface area (Å²) >= 11 is 1.55. The molecule has 0 saturated heterocycles. The van der Waals surface area contributed by atoms with Gasteiger partial charge in [0.15, 0.2) is 0 Å². The van der Waals surface area contributed by atoms with Gasteiger partial charge in [-0.1, -0.05) is 19.1 Å². The van der Waals surface area contributed by atoms with Crippen molar-refractivity contribution < 1.29 is 36.2 Å². The van der Waals surface area contributed by atoms with Crippen molar-refractivity contribution in [3.63, 3.8) is 0 Å². The van der Waals surface area contributed by atoms with Crippen LogP contribution in [0.3, 0.4) is 0 Å². The van der Waals surface area contributed by atoms with Crippen LogP contribution in [-0.4, -0.2) is 31.3 Å². The Balaban J connectivity index is 2.04. The van der Waals surface area contributed by atoms with Gasteiger partial charge in [-0.15, -0.1) is 11.8 Å². The molecule has 0 amide bonds. The zero-order valence-electron chi connectivity index (χ0n) is 20.3. The molecule has 198 valence electrons. The number of nitrogens with zero attached hydrogens (tertiary/aromatic N) is 1. The zero-order valence-corrected chi connectivity index (χ0v) is 22.0. The average Bonchev–Trinajstić information content (AvgIpc) is 2.83. The van der Waals surface area contributed by atoms with Crippen molar-refractivity contribution in [1.29, 1.82) is 0 Å². The third kappa shape index (κ3) is 6.78. The molecule has 0 spiro atoms. The third-order valence-electron chi connectivity index (χ3n) is 5.28. The average molecular weight is 554 g/mol. The molecule has 6 nitrogen and oxygen atoms in total. The number of alkyl halides is 3. The van der Waals surface area contributed by atoms with Gasteiger partial charge in [0.2, 0.25) is 0 Å². The predicted octanol–water partition coefficient (Wildman–Crippen LogP) is 6.70. The fourth-order valence-electron chi connectivity index (χ4n) is 3.57. The number of sulfonamides is 1. The molecule has 0 unspecified atom stereocenters. The summed E-state index contributed by atoms with van der Waals surface area (Å²) in [4.78, 5) is 12.0. The molecule has 0 fully saturated rings. The SMILES string of the molecule is CCSc1ccc(S(=O)(=O)N(c2ccc(C(F)(F)F)cc2OCc2ccc(C(=O)O)cc2)C(C)C)cc1. The third-order valence-corrected chi connectivity index (χ3v) is 8.18. The number of anilines is 1. The van der Waals surface area contributed by atoms with Crippen molar-refractivity contribution in [1.82, 2.24) is 0 Å². The standard InChI is InChI=1S/C26H26F3NO5S2/c1-4-36-21-10-12-22(13-11-21)37(33,34)30(17(2)3)23-14-9-20(26(27,28)29)15-24(23)35-16-18-5-7-19(8-6-18)25(31)32/h5-15,17H,4,16H2,1-3H3,(H,31,32). The fourth-order valence-corrected chi connectivity index (χ4v) is 5.90. The monoisotopic (exact) mass is 553 g/mol. The number of benzene rings is 3. The highest BCUT2D eigenvalue weighted by molar-refractivity contribution is 7.99. The Hall–Kier alpha value is -3.18. The van der Waals surface area contributed by atoms with Gasteiger partial charge in [0.1, 0.15) is 12.4 Å². The topological polar surface area (TPSA) is 83.9 Å². The fraction of sp³-hybridized carbons (Fsp3) is 0.269. The first-order chi connectivity index (χ1) is 17.3. The molecular formula is C26H26F3NO5S2. The van der Waals surface area contributed by atoms with Gasteiger partial charge in [-0.2, -0.15) is 13.2 Å².